The molecule has 4 rings (SSSR count). The summed E-state index contributed by atoms with van der Waals surface area (Å²) in [4.78, 5) is 24.5. The summed E-state index contributed by atoms with van der Waals surface area (Å²) in [7, 11) is -2.71. The van der Waals surface area contributed by atoms with E-state index in [2.05, 4.69) is 4.72 Å². The number of aryl methyl sites for hydroxylation is 1. The molecule has 146 valence electrons. The van der Waals surface area contributed by atoms with Crippen LogP contribution in [-0.4, -0.2) is 32.9 Å². The van der Waals surface area contributed by atoms with Gasteiger partial charge in [-0.1, -0.05) is 0 Å². The number of nitrogens with zero attached hydrogens (tertiary/aromatic N) is 2. The van der Waals surface area contributed by atoms with Crippen molar-refractivity contribution in [2.75, 3.05) is 23.3 Å². The van der Waals surface area contributed by atoms with Gasteiger partial charge in [0, 0.05) is 6.54 Å². The molecule has 0 aromatic heterocycles. The van der Waals surface area contributed by atoms with E-state index in [9.17, 15) is 23.3 Å². The largest absolute Gasteiger partial charge is 0.496 e. The molecule has 0 unspecified atom stereocenters. The number of carbonyl (C=O) groups is 1. The van der Waals surface area contributed by atoms with E-state index in [4.69, 9.17) is 4.74 Å². The Morgan fingerprint density at radius 2 is 1.96 bits per heavy atom. The molecule has 0 atom stereocenters. The summed E-state index contributed by atoms with van der Waals surface area (Å²) < 4.78 is 33.1. The highest BCUT2D eigenvalue weighted by atomic mass is 32.2. The summed E-state index contributed by atoms with van der Waals surface area (Å²) >= 11 is 0. The summed E-state index contributed by atoms with van der Waals surface area (Å²) in [5, 5.41) is 11.3. The van der Waals surface area contributed by atoms with Gasteiger partial charge in [-0.15, -0.1) is 0 Å². The van der Waals surface area contributed by atoms with Crippen LogP contribution in [0.25, 0.3) is 0 Å². The number of hydrogen-bond acceptors (Lipinski definition) is 6. The van der Waals surface area contributed by atoms with E-state index in [1.54, 1.807) is 11.0 Å². The van der Waals surface area contributed by atoms with Gasteiger partial charge in [-0.3, -0.25) is 19.6 Å². The number of amides is 1. The number of carbonyl (C=O) groups excluding carboxylic acids is 1. The van der Waals surface area contributed by atoms with Crippen molar-refractivity contribution in [2.24, 2.45) is 0 Å². The smallest absolute Gasteiger partial charge is 0.297 e. The van der Waals surface area contributed by atoms with Crippen LogP contribution in [0.3, 0.4) is 0 Å². The van der Waals surface area contributed by atoms with E-state index < -0.39 is 20.6 Å². The second-order valence-corrected chi connectivity index (χ2v) is 8.34. The average Bonchev–Trinajstić information content (AvgIpc) is 2.99. The Labute approximate surface area is 161 Å². The van der Waals surface area contributed by atoms with Gasteiger partial charge in [-0.25, -0.2) is 8.42 Å². The topological polar surface area (TPSA) is 119 Å². The monoisotopic (exact) mass is 403 g/mol. The number of sulfonamides is 1. The Morgan fingerprint density at radius 1 is 1.21 bits per heavy atom. The van der Waals surface area contributed by atoms with Gasteiger partial charge in [0.2, 0.25) is 5.91 Å². The first-order valence-electron chi connectivity index (χ1n) is 8.61. The van der Waals surface area contributed by atoms with Crippen LogP contribution in [0.1, 0.15) is 17.5 Å². The normalized spacial score (nSPS) is 15.3. The molecule has 9 nitrogen and oxygen atoms in total. The first-order chi connectivity index (χ1) is 13.3. The Kier molecular flexibility index (Phi) is 4.22. The minimum Gasteiger partial charge on any atom is -0.496 e. The highest BCUT2D eigenvalue weighted by Crippen LogP contribution is 2.39. The molecule has 0 bridgehead atoms. The van der Waals surface area contributed by atoms with E-state index in [-0.39, 0.29) is 28.7 Å². The summed E-state index contributed by atoms with van der Waals surface area (Å²) in [5.41, 5.74) is 1.72. The molecule has 2 aliphatic heterocycles. The number of rotatable bonds is 5. The minimum absolute atomic E-state index is 0.0112. The molecule has 0 saturated carbocycles. The summed E-state index contributed by atoms with van der Waals surface area (Å²) in [6.07, 6.45) is 1.60. The van der Waals surface area contributed by atoms with E-state index in [0.717, 1.165) is 23.7 Å². The SMILES string of the molecule is COc1ccc(NS(=O)(=O)c2cc3c4c(c2)CC(=O)N4CCC3)c([N+](=O)[O-])c1. The standard InChI is InChI=1S/C18H17N3O6S/c1-27-13-4-5-15(16(10-13)21(23)24)19-28(25,26)14-7-11-3-2-6-20-17(22)9-12(8-14)18(11)20/h4-5,7-8,10,19H,2-3,6,9H2,1H3. The van der Waals surface area contributed by atoms with Gasteiger partial charge >= 0.3 is 0 Å². The molecular formula is C18H17N3O6S. The predicted octanol–water partition coefficient (Wildman–Crippen LogP) is 2.24. The number of methoxy groups -OCH3 is 1. The molecule has 0 radical (unpaired) electrons. The lowest BCUT2D eigenvalue weighted by Gasteiger charge is -2.26. The third-order valence-corrected chi connectivity index (χ3v) is 6.28. The van der Waals surface area contributed by atoms with Crippen LogP contribution >= 0.6 is 0 Å². The van der Waals surface area contributed by atoms with Crippen LogP contribution in [-0.2, 0) is 27.7 Å². The Morgan fingerprint density at radius 3 is 2.68 bits per heavy atom. The molecule has 0 aliphatic carbocycles. The van der Waals surface area contributed by atoms with Gasteiger partial charge in [0.25, 0.3) is 15.7 Å². The van der Waals surface area contributed by atoms with E-state index in [0.29, 0.717) is 18.5 Å². The van der Waals surface area contributed by atoms with Gasteiger partial charge in [-0.05, 0) is 48.2 Å². The number of ether oxygens (including phenoxy) is 1. The lowest BCUT2D eigenvalue weighted by molar-refractivity contribution is -0.384. The summed E-state index contributed by atoms with van der Waals surface area (Å²) in [5.74, 6) is 0.208. The molecule has 2 aromatic carbocycles. The summed E-state index contributed by atoms with van der Waals surface area (Å²) in [6.45, 7) is 0.640. The van der Waals surface area contributed by atoms with Gasteiger partial charge in [0.05, 0.1) is 35.1 Å². The second kappa shape index (κ2) is 6.48. The number of nitrogens with one attached hydrogen (secondary N) is 1. The van der Waals surface area contributed by atoms with Crippen molar-refractivity contribution in [2.45, 2.75) is 24.2 Å². The van der Waals surface area contributed by atoms with Gasteiger partial charge in [0.1, 0.15) is 11.4 Å². The molecule has 1 N–H and O–H groups in total. The van der Waals surface area contributed by atoms with Crippen molar-refractivity contribution in [3.63, 3.8) is 0 Å². The van der Waals surface area contributed by atoms with Crippen LogP contribution in [0.5, 0.6) is 5.75 Å². The van der Waals surface area contributed by atoms with Crippen molar-refractivity contribution in [3.05, 3.63) is 51.6 Å². The maximum atomic E-state index is 12.9. The maximum absolute atomic E-state index is 12.9. The van der Waals surface area contributed by atoms with E-state index >= 15 is 0 Å². The zero-order valence-corrected chi connectivity index (χ0v) is 15.8. The zero-order valence-electron chi connectivity index (χ0n) is 15.0. The molecule has 0 fully saturated rings. The van der Waals surface area contributed by atoms with Crippen molar-refractivity contribution >= 4 is 33.0 Å². The average molecular weight is 403 g/mol. The second-order valence-electron chi connectivity index (χ2n) is 6.66. The number of anilines is 2. The van der Waals surface area contributed by atoms with E-state index in [1.165, 1.54) is 25.3 Å². The third-order valence-electron chi connectivity index (χ3n) is 4.94. The van der Waals surface area contributed by atoms with Crippen LogP contribution in [0.4, 0.5) is 17.1 Å². The Hall–Kier alpha value is -3.14. The highest BCUT2D eigenvalue weighted by molar-refractivity contribution is 7.92. The fraction of sp³-hybridized carbons (Fsp3) is 0.278. The fourth-order valence-corrected chi connectivity index (χ4v) is 4.86. The number of hydrogen-bond donors (Lipinski definition) is 1. The quantitative estimate of drug-likeness (QED) is 0.604. The third kappa shape index (κ3) is 2.95. The molecule has 0 saturated heterocycles. The number of benzene rings is 2. The van der Waals surface area contributed by atoms with Crippen LogP contribution < -0.4 is 14.4 Å². The fourth-order valence-electron chi connectivity index (χ4n) is 3.68. The molecule has 2 aliphatic rings. The highest BCUT2D eigenvalue weighted by Gasteiger charge is 2.34. The molecule has 2 aromatic rings. The zero-order chi connectivity index (χ0) is 20.1. The Bertz CT molecular complexity index is 1110. The van der Waals surface area contributed by atoms with E-state index in [1.807, 2.05) is 0 Å². The molecule has 1 amide bonds. The number of nitro groups is 1. The van der Waals surface area contributed by atoms with Crippen molar-refractivity contribution in [1.82, 2.24) is 0 Å². The molecule has 28 heavy (non-hydrogen) atoms. The lowest BCUT2D eigenvalue weighted by atomic mass is 10.0. The molecular weight excluding hydrogens is 386 g/mol. The Balaban J connectivity index is 1.74. The first kappa shape index (κ1) is 18.2. The van der Waals surface area contributed by atoms with Crippen molar-refractivity contribution < 1.29 is 22.9 Å². The predicted molar refractivity (Wildman–Crippen MR) is 101 cm³/mol. The first-order valence-corrected chi connectivity index (χ1v) is 10.1. The summed E-state index contributed by atoms with van der Waals surface area (Å²) in [6, 6.07) is 6.90. The molecule has 10 heteroatoms. The van der Waals surface area contributed by atoms with Crippen molar-refractivity contribution in [1.29, 1.82) is 0 Å². The van der Waals surface area contributed by atoms with Crippen LogP contribution in [0, 0.1) is 10.1 Å². The van der Waals surface area contributed by atoms with Crippen LogP contribution in [0.2, 0.25) is 0 Å². The molecule has 2 heterocycles. The van der Waals surface area contributed by atoms with Crippen molar-refractivity contribution in [3.8, 4) is 5.75 Å². The number of nitro benzene ring substituents is 1. The van der Waals surface area contributed by atoms with Gasteiger partial charge in [-0.2, -0.15) is 0 Å². The van der Waals surface area contributed by atoms with Gasteiger partial charge in [0.15, 0.2) is 0 Å². The molecule has 0 spiro atoms. The minimum atomic E-state index is -4.08. The maximum Gasteiger partial charge on any atom is 0.297 e. The van der Waals surface area contributed by atoms with Crippen LogP contribution in [0.15, 0.2) is 35.2 Å². The lowest BCUT2D eigenvalue weighted by Crippen LogP contribution is -2.31. The van der Waals surface area contributed by atoms with Gasteiger partial charge < -0.3 is 9.64 Å².